The first-order valence-electron chi connectivity index (χ1n) is 7.93. The smallest absolute Gasteiger partial charge is 0.0640 e. The minimum Gasteiger partial charge on any atom is -0.363 e. The first kappa shape index (κ1) is 11.7. The Morgan fingerprint density at radius 1 is 1.17 bits per heavy atom. The summed E-state index contributed by atoms with van der Waals surface area (Å²) in [5.74, 6) is 4.20. The first-order chi connectivity index (χ1) is 8.81. The summed E-state index contributed by atoms with van der Waals surface area (Å²) in [4.78, 5) is 2.65. The van der Waals surface area contributed by atoms with E-state index in [4.69, 9.17) is 0 Å². The molecule has 0 amide bonds. The maximum Gasteiger partial charge on any atom is 0.0640 e. The Morgan fingerprint density at radius 2 is 1.89 bits per heavy atom. The molecule has 4 aliphatic rings. The van der Waals surface area contributed by atoms with Gasteiger partial charge < -0.3 is 4.90 Å². The molecule has 0 aromatic rings. The summed E-state index contributed by atoms with van der Waals surface area (Å²) in [5, 5.41) is 2.27. The van der Waals surface area contributed by atoms with Crippen LogP contribution in [0, 0.1) is 23.7 Å². The quantitative estimate of drug-likeness (QED) is 0.700. The Balaban J connectivity index is 1.71. The second kappa shape index (κ2) is 4.19. The van der Waals surface area contributed by atoms with Gasteiger partial charge in [-0.25, -0.2) is 0 Å². The Labute approximate surface area is 115 Å². The molecule has 1 aliphatic heterocycles. The van der Waals surface area contributed by atoms with Crippen molar-refractivity contribution in [2.24, 2.45) is 23.7 Å². The number of fused-ring (bicyclic) bond motifs is 3. The molecule has 0 N–H and O–H groups in total. The van der Waals surface area contributed by atoms with Gasteiger partial charge in [-0.05, 0) is 43.4 Å². The molecule has 18 heavy (non-hydrogen) atoms. The monoisotopic (exact) mass is 263 g/mol. The van der Waals surface area contributed by atoms with Crippen molar-refractivity contribution in [2.45, 2.75) is 56.7 Å². The normalized spacial score (nSPS) is 50.3. The standard InChI is InChI=1S/C16H25NS/c1-3-17-10(2)18-16-13-9-5-7-11-6-4-8-12(14(11)13)15(16)17/h11-16H,2-9H2,1H3. The summed E-state index contributed by atoms with van der Waals surface area (Å²) in [6.45, 7) is 7.81. The molecule has 6 unspecified atom stereocenters. The summed E-state index contributed by atoms with van der Waals surface area (Å²) in [5.41, 5.74) is 0. The van der Waals surface area contributed by atoms with E-state index in [9.17, 15) is 0 Å². The SMILES string of the molecule is C=C1SC2C3CCCC4CCCC(C43)C2N1CC. The van der Waals surface area contributed by atoms with Gasteiger partial charge in [0, 0.05) is 17.8 Å². The minimum absolute atomic E-state index is 0.850. The van der Waals surface area contributed by atoms with E-state index >= 15 is 0 Å². The van der Waals surface area contributed by atoms with Gasteiger partial charge in [0.2, 0.25) is 0 Å². The molecule has 0 aromatic carbocycles. The van der Waals surface area contributed by atoms with Crippen molar-refractivity contribution in [1.82, 2.24) is 4.90 Å². The van der Waals surface area contributed by atoms with Gasteiger partial charge in [0.1, 0.15) is 0 Å². The van der Waals surface area contributed by atoms with E-state index in [0.717, 1.165) is 35.0 Å². The lowest BCUT2D eigenvalue weighted by atomic mass is 9.64. The molecule has 4 fully saturated rings. The van der Waals surface area contributed by atoms with Crippen molar-refractivity contribution in [2.75, 3.05) is 6.54 Å². The van der Waals surface area contributed by atoms with Gasteiger partial charge in [0.05, 0.1) is 5.03 Å². The third kappa shape index (κ3) is 1.42. The molecule has 1 heterocycles. The van der Waals surface area contributed by atoms with Crippen LogP contribution in [0.4, 0.5) is 0 Å². The lowest BCUT2D eigenvalue weighted by molar-refractivity contribution is 0.0769. The van der Waals surface area contributed by atoms with Crippen LogP contribution < -0.4 is 0 Å². The molecule has 0 spiro atoms. The van der Waals surface area contributed by atoms with Crippen LogP contribution in [-0.4, -0.2) is 22.7 Å². The molecular weight excluding hydrogens is 238 g/mol. The highest BCUT2D eigenvalue weighted by Gasteiger charge is 2.59. The number of rotatable bonds is 1. The van der Waals surface area contributed by atoms with Crippen molar-refractivity contribution < 1.29 is 0 Å². The van der Waals surface area contributed by atoms with Crippen LogP contribution in [0.5, 0.6) is 0 Å². The molecule has 1 saturated heterocycles. The lowest BCUT2D eigenvalue weighted by Gasteiger charge is -2.43. The fourth-order valence-electron chi connectivity index (χ4n) is 5.78. The van der Waals surface area contributed by atoms with E-state index in [1.165, 1.54) is 50.1 Å². The molecule has 100 valence electrons. The highest BCUT2D eigenvalue weighted by Crippen LogP contribution is 2.62. The highest BCUT2D eigenvalue weighted by atomic mass is 32.2. The average Bonchev–Trinajstić information content (AvgIpc) is 2.87. The van der Waals surface area contributed by atoms with Crippen molar-refractivity contribution in [1.29, 1.82) is 0 Å². The van der Waals surface area contributed by atoms with Gasteiger partial charge in [0.15, 0.2) is 0 Å². The summed E-state index contributed by atoms with van der Waals surface area (Å²) >= 11 is 2.13. The highest BCUT2D eigenvalue weighted by molar-refractivity contribution is 8.03. The Hall–Kier alpha value is -0.110. The topological polar surface area (TPSA) is 3.24 Å². The molecular formula is C16H25NS. The zero-order chi connectivity index (χ0) is 12.3. The fourth-order valence-corrected chi connectivity index (χ4v) is 7.47. The van der Waals surface area contributed by atoms with Crippen LogP contribution in [0.15, 0.2) is 11.6 Å². The van der Waals surface area contributed by atoms with Crippen LogP contribution in [0.3, 0.4) is 0 Å². The maximum atomic E-state index is 4.32. The van der Waals surface area contributed by atoms with Gasteiger partial charge >= 0.3 is 0 Å². The van der Waals surface area contributed by atoms with Crippen LogP contribution >= 0.6 is 11.8 Å². The van der Waals surface area contributed by atoms with Crippen LogP contribution in [0.25, 0.3) is 0 Å². The average molecular weight is 263 g/mol. The fraction of sp³-hybridized carbons (Fsp3) is 0.875. The van der Waals surface area contributed by atoms with Crippen LogP contribution in [0.1, 0.15) is 45.4 Å². The largest absolute Gasteiger partial charge is 0.363 e. The van der Waals surface area contributed by atoms with Gasteiger partial charge in [-0.2, -0.15) is 0 Å². The first-order valence-corrected chi connectivity index (χ1v) is 8.81. The predicted octanol–water partition coefficient (Wildman–Crippen LogP) is 4.11. The van der Waals surface area contributed by atoms with Gasteiger partial charge in [0.25, 0.3) is 0 Å². The Morgan fingerprint density at radius 3 is 2.61 bits per heavy atom. The molecule has 1 nitrogen and oxygen atoms in total. The molecule has 3 aliphatic carbocycles. The second-order valence-corrected chi connectivity index (χ2v) is 8.03. The molecule has 0 bridgehead atoms. The molecule has 3 saturated carbocycles. The van der Waals surface area contributed by atoms with Crippen molar-refractivity contribution in [3.8, 4) is 0 Å². The summed E-state index contributed by atoms with van der Waals surface area (Å²) in [6, 6.07) is 0.850. The third-order valence-electron chi connectivity index (χ3n) is 6.25. The zero-order valence-corrected chi connectivity index (χ0v) is 12.3. The summed E-state index contributed by atoms with van der Waals surface area (Å²) in [7, 11) is 0. The Bertz CT molecular complexity index is 364. The van der Waals surface area contributed by atoms with Gasteiger partial charge in [-0.1, -0.05) is 32.3 Å². The lowest BCUT2D eigenvalue weighted by Crippen LogP contribution is -2.39. The van der Waals surface area contributed by atoms with Gasteiger partial charge in [-0.15, -0.1) is 11.8 Å². The summed E-state index contributed by atoms with van der Waals surface area (Å²) < 4.78 is 0. The second-order valence-electron chi connectivity index (χ2n) is 6.78. The van der Waals surface area contributed by atoms with Crippen molar-refractivity contribution in [3.63, 3.8) is 0 Å². The van der Waals surface area contributed by atoms with E-state index in [-0.39, 0.29) is 0 Å². The van der Waals surface area contributed by atoms with E-state index < -0.39 is 0 Å². The molecule has 0 aromatic heterocycles. The molecule has 2 heteroatoms. The van der Waals surface area contributed by atoms with Crippen LogP contribution in [0.2, 0.25) is 0 Å². The van der Waals surface area contributed by atoms with E-state index in [2.05, 4.69) is 30.2 Å². The zero-order valence-electron chi connectivity index (χ0n) is 11.5. The third-order valence-corrected chi connectivity index (χ3v) is 7.66. The molecule has 0 radical (unpaired) electrons. The van der Waals surface area contributed by atoms with Crippen molar-refractivity contribution in [3.05, 3.63) is 11.6 Å². The predicted molar refractivity (Wildman–Crippen MR) is 78.3 cm³/mol. The maximum absolute atomic E-state index is 4.32. The van der Waals surface area contributed by atoms with Gasteiger partial charge in [-0.3, -0.25) is 0 Å². The van der Waals surface area contributed by atoms with E-state index in [1.807, 2.05) is 0 Å². The summed E-state index contributed by atoms with van der Waals surface area (Å²) in [6.07, 6.45) is 9.08. The number of hydrogen-bond donors (Lipinski definition) is 0. The van der Waals surface area contributed by atoms with E-state index in [0.29, 0.717) is 0 Å². The van der Waals surface area contributed by atoms with Crippen molar-refractivity contribution >= 4 is 11.8 Å². The Kier molecular flexibility index (Phi) is 2.72. The number of hydrogen-bond acceptors (Lipinski definition) is 2. The number of nitrogens with zero attached hydrogens (tertiary/aromatic N) is 1. The van der Waals surface area contributed by atoms with Crippen LogP contribution in [-0.2, 0) is 0 Å². The number of thioether (sulfide) groups is 1. The molecule has 6 atom stereocenters. The minimum atomic E-state index is 0.850. The van der Waals surface area contributed by atoms with E-state index in [1.54, 1.807) is 0 Å². The molecule has 4 rings (SSSR count).